The number of anilines is 3. The lowest BCUT2D eigenvalue weighted by atomic mass is 9.83. The maximum Gasteiger partial charge on any atom is 0.229 e. The third kappa shape index (κ3) is 4.49. The quantitative estimate of drug-likeness (QED) is 0.700. The Hall–Kier alpha value is -2.72. The van der Waals surface area contributed by atoms with Crippen LogP contribution in [-0.2, 0) is 0 Å². The largest absolute Gasteiger partial charge is 0.367 e. The van der Waals surface area contributed by atoms with E-state index in [2.05, 4.69) is 31.6 Å². The van der Waals surface area contributed by atoms with Crippen LogP contribution in [0.25, 0.3) is 0 Å². The summed E-state index contributed by atoms with van der Waals surface area (Å²) in [6.07, 6.45) is 9.71. The van der Waals surface area contributed by atoms with Crippen molar-refractivity contribution in [2.24, 2.45) is 5.92 Å². The van der Waals surface area contributed by atoms with Crippen molar-refractivity contribution in [1.29, 1.82) is 5.26 Å². The summed E-state index contributed by atoms with van der Waals surface area (Å²) < 4.78 is 14.4. The monoisotopic (exact) mass is 420 g/mol. The van der Waals surface area contributed by atoms with Crippen LogP contribution in [0.1, 0.15) is 62.0 Å². The molecule has 0 spiro atoms. The molecule has 2 saturated heterocycles. The minimum atomic E-state index is -0.441. The smallest absolute Gasteiger partial charge is 0.229 e. The number of rotatable bonds is 6. The second-order valence-electron chi connectivity index (χ2n) is 9.09. The number of fused-ring (bicyclic) bond motifs is 1. The Labute approximate surface area is 182 Å². The lowest BCUT2D eigenvalue weighted by Gasteiger charge is -2.44. The Balaban J connectivity index is 1.26. The van der Waals surface area contributed by atoms with E-state index >= 15 is 0 Å². The van der Waals surface area contributed by atoms with Crippen molar-refractivity contribution in [1.82, 2.24) is 14.9 Å². The molecule has 5 rings (SSSR count). The number of aromatic nitrogens is 2. The molecule has 2 aromatic rings. The number of hydrogen-bond acceptors (Lipinski definition) is 6. The summed E-state index contributed by atoms with van der Waals surface area (Å²) >= 11 is 0. The molecule has 1 aromatic carbocycles. The van der Waals surface area contributed by atoms with Crippen molar-refractivity contribution >= 4 is 17.5 Å². The van der Waals surface area contributed by atoms with E-state index in [0.717, 1.165) is 30.6 Å². The maximum atomic E-state index is 14.4. The molecule has 2 atom stereocenters. The van der Waals surface area contributed by atoms with Gasteiger partial charge < -0.3 is 15.5 Å². The van der Waals surface area contributed by atoms with Gasteiger partial charge in [0.05, 0.1) is 17.8 Å². The first-order valence-corrected chi connectivity index (χ1v) is 11.5. The van der Waals surface area contributed by atoms with Gasteiger partial charge in [0, 0.05) is 18.3 Å². The molecule has 3 fully saturated rings. The van der Waals surface area contributed by atoms with Crippen LogP contribution in [0, 0.1) is 23.1 Å². The predicted octanol–water partition coefficient (Wildman–Crippen LogP) is 4.78. The zero-order valence-electron chi connectivity index (χ0n) is 17.8. The normalized spacial score (nSPS) is 23.6. The molecule has 2 N–H and O–H groups in total. The number of nitrogens with zero attached hydrogens (tertiary/aromatic N) is 4. The van der Waals surface area contributed by atoms with Crippen LogP contribution in [0.5, 0.6) is 0 Å². The molecule has 1 aliphatic carbocycles. The summed E-state index contributed by atoms with van der Waals surface area (Å²) in [5.41, 5.74) is 2.53. The summed E-state index contributed by atoms with van der Waals surface area (Å²) in [5, 5.41) is 15.8. The Morgan fingerprint density at radius 3 is 2.84 bits per heavy atom. The molecule has 162 valence electrons. The number of nitrogens with one attached hydrogen (secondary N) is 2. The highest BCUT2D eigenvalue weighted by atomic mass is 19.1. The summed E-state index contributed by atoms with van der Waals surface area (Å²) in [7, 11) is 0. The molecule has 1 saturated carbocycles. The van der Waals surface area contributed by atoms with Crippen molar-refractivity contribution in [3.63, 3.8) is 0 Å². The molecule has 0 bridgehead atoms. The standard InChI is InChI=1S/C24H29FN6/c25-21-15-28-24(29-19-8-9-20(16-6-7-16)18(12-19)13-26)30-23(21)27-14-17-4-3-11-31-10-2-1-5-22(17)31/h8-9,12,15-17,22H,1-7,10-11,14H2,(H2,27,28,29,30)/t17-,22+/m0/s1. The number of piperidine rings is 2. The lowest BCUT2D eigenvalue weighted by Crippen LogP contribution is -2.49. The van der Waals surface area contributed by atoms with Crippen molar-refractivity contribution in [3.8, 4) is 6.07 Å². The van der Waals surface area contributed by atoms with E-state index in [1.165, 1.54) is 51.4 Å². The SMILES string of the molecule is N#Cc1cc(Nc2ncc(F)c(NC[C@@H]3CCCN4CCCC[C@H]34)n2)ccc1C1CC1. The first-order valence-electron chi connectivity index (χ1n) is 11.5. The third-order valence-corrected chi connectivity index (χ3v) is 6.95. The molecule has 3 heterocycles. The van der Waals surface area contributed by atoms with E-state index < -0.39 is 5.82 Å². The molecular formula is C24H29FN6. The minimum absolute atomic E-state index is 0.237. The van der Waals surface area contributed by atoms with Gasteiger partial charge in [0.2, 0.25) is 5.95 Å². The van der Waals surface area contributed by atoms with Gasteiger partial charge in [-0.1, -0.05) is 12.5 Å². The number of halogens is 1. The van der Waals surface area contributed by atoms with E-state index in [-0.39, 0.29) is 5.82 Å². The zero-order valence-corrected chi connectivity index (χ0v) is 17.8. The van der Waals surface area contributed by atoms with Crippen LogP contribution < -0.4 is 10.6 Å². The Kier molecular flexibility index (Phi) is 5.73. The van der Waals surface area contributed by atoms with Crippen molar-refractivity contribution < 1.29 is 4.39 Å². The minimum Gasteiger partial charge on any atom is -0.367 e. The van der Waals surface area contributed by atoms with Crippen LogP contribution in [0.3, 0.4) is 0 Å². The highest BCUT2D eigenvalue weighted by molar-refractivity contribution is 5.60. The molecule has 31 heavy (non-hydrogen) atoms. The van der Waals surface area contributed by atoms with Gasteiger partial charge in [0.1, 0.15) is 0 Å². The van der Waals surface area contributed by atoms with Crippen LogP contribution >= 0.6 is 0 Å². The number of nitriles is 1. The second-order valence-corrected chi connectivity index (χ2v) is 9.09. The van der Waals surface area contributed by atoms with Gasteiger partial charge in [-0.15, -0.1) is 0 Å². The Bertz CT molecular complexity index is 981. The van der Waals surface area contributed by atoms with E-state index in [1.807, 2.05) is 18.2 Å². The Morgan fingerprint density at radius 2 is 2.00 bits per heavy atom. The van der Waals surface area contributed by atoms with Crippen LogP contribution in [0.2, 0.25) is 0 Å². The topological polar surface area (TPSA) is 76.9 Å². The number of hydrogen-bond donors (Lipinski definition) is 2. The number of benzene rings is 1. The van der Waals surface area contributed by atoms with Gasteiger partial charge >= 0.3 is 0 Å². The molecule has 2 aliphatic heterocycles. The molecule has 3 aliphatic rings. The molecule has 0 amide bonds. The van der Waals surface area contributed by atoms with Gasteiger partial charge in [-0.25, -0.2) is 9.37 Å². The molecule has 1 aromatic heterocycles. The summed E-state index contributed by atoms with van der Waals surface area (Å²) in [6, 6.07) is 8.65. The van der Waals surface area contributed by atoms with Gasteiger partial charge in [0.15, 0.2) is 11.6 Å². The van der Waals surface area contributed by atoms with E-state index in [9.17, 15) is 9.65 Å². The fourth-order valence-corrected chi connectivity index (χ4v) is 5.20. The molecule has 6 nitrogen and oxygen atoms in total. The van der Waals surface area contributed by atoms with Crippen LogP contribution in [0.4, 0.5) is 21.8 Å². The highest BCUT2D eigenvalue weighted by Gasteiger charge is 2.33. The van der Waals surface area contributed by atoms with E-state index in [0.29, 0.717) is 29.4 Å². The molecule has 7 heteroatoms. The fourth-order valence-electron chi connectivity index (χ4n) is 5.20. The van der Waals surface area contributed by atoms with E-state index in [1.54, 1.807) is 0 Å². The first kappa shape index (κ1) is 20.2. The van der Waals surface area contributed by atoms with Gasteiger partial charge in [-0.05, 0) is 81.1 Å². The average molecular weight is 421 g/mol. The summed E-state index contributed by atoms with van der Waals surface area (Å²) in [5.74, 6) is 1.16. The van der Waals surface area contributed by atoms with Gasteiger partial charge in [-0.3, -0.25) is 0 Å². The third-order valence-electron chi connectivity index (χ3n) is 6.95. The van der Waals surface area contributed by atoms with Crippen LogP contribution in [-0.4, -0.2) is 40.5 Å². The first-order chi connectivity index (χ1) is 15.2. The second kappa shape index (κ2) is 8.80. The van der Waals surface area contributed by atoms with Gasteiger partial charge in [-0.2, -0.15) is 10.2 Å². The summed E-state index contributed by atoms with van der Waals surface area (Å²) in [4.78, 5) is 11.1. The fraction of sp³-hybridized carbons (Fsp3) is 0.542. The molecule has 0 unspecified atom stereocenters. The lowest BCUT2D eigenvalue weighted by molar-refractivity contribution is 0.0648. The Morgan fingerprint density at radius 1 is 1.13 bits per heavy atom. The van der Waals surface area contributed by atoms with Crippen molar-refractivity contribution in [2.75, 3.05) is 30.3 Å². The molecule has 0 radical (unpaired) electrons. The van der Waals surface area contributed by atoms with E-state index in [4.69, 9.17) is 0 Å². The van der Waals surface area contributed by atoms with Gasteiger partial charge in [0.25, 0.3) is 0 Å². The zero-order chi connectivity index (χ0) is 21.2. The van der Waals surface area contributed by atoms with Crippen LogP contribution in [0.15, 0.2) is 24.4 Å². The highest BCUT2D eigenvalue weighted by Crippen LogP contribution is 2.42. The van der Waals surface area contributed by atoms with Crippen molar-refractivity contribution in [2.45, 2.75) is 56.9 Å². The predicted molar refractivity (Wildman–Crippen MR) is 119 cm³/mol. The maximum absolute atomic E-state index is 14.4. The molecular weight excluding hydrogens is 391 g/mol. The summed E-state index contributed by atoms with van der Waals surface area (Å²) in [6.45, 7) is 3.12. The van der Waals surface area contributed by atoms with Crippen molar-refractivity contribution in [3.05, 3.63) is 41.3 Å². The average Bonchev–Trinajstić information content (AvgIpc) is 3.64.